The van der Waals surface area contributed by atoms with E-state index in [0.29, 0.717) is 0 Å². The van der Waals surface area contributed by atoms with Crippen molar-refractivity contribution in [2.45, 2.75) is 6.92 Å². The maximum absolute atomic E-state index is 4.23. The highest BCUT2D eigenvalue weighted by Gasteiger charge is 2.07. The third kappa shape index (κ3) is 0.635. The van der Waals surface area contributed by atoms with Crippen LogP contribution in [0.15, 0.2) is 11.2 Å². The summed E-state index contributed by atoms with van der Waals surface area (Å²) in [6, 6.07) is 0. The molecule has 0 fully saturated rings. The molecule has 3 heteroatoms. The average molecular weight is 135 g/mol. The van der Waals surface area contributed by atoms with Crippen LogP contribution < -0.4 is 5.32 Å². The van der Waals surface area contributed by atoms with Crippen LogP contribution >= 0.6 is 0 Å². The molecule has 10 heavy (non-hydrogen) atoms. The Morgan fingerprint density at radius 3 is 3.30 bits per heavy atom. The van der Waals surface area contributed by atoms with Crippen molar-refractivity contribution < 1.29 is 0 Å². The van der Waals surface area contributed by atoms with Crippen LogP contribution in [0.4, 0.5) is 11.5 Å². The van der Waals surface area contributed by atoms with Gasteiger partial charge in [0.1, 0.15) is 11.5 Å². The number of aromatic nitrogens is 1. The van der Waals surface area contributed by atoms with E-state index in [-0.39, 0.29) is 0 Å². The minimum Gasteiger partial charge on any atom is -0.365 e. The van der Waals surface area contributed by atoms with Gasteiger partial charge in [-0.2, -0.15) is 0 Å². The van der Waals surface area contributed by atoms with Crippen molar-refractivity contribution in [1.82, 2.24) is 4.98 Å². The zero-order chi connectivity index (χ0) is 6.97. The first-order chi connectivity index (χ1) is 4.88. The third-order valence-electron chi connectivity index (χ3n) is 1.63. The largest absolute Gasteiger partial charge is 0.365 e. The van der Waals surface area contributed by atoms with Gasteiger partial charge in [-0.3, -0.25) is 4.99 Å². The molecule has 2 heterocycles. The van der Waals surface area contributed by atoms with Crippen LogP contribution in [0.25, 0.3) is 0 Å². The van der Waals surface area contributed by atoms with Crippen molar-refractivity contribution in [3.8, 4) is 0 Å². The molecule has 0 aromatic carbocycles. The molecule has 0 saturated carbocycles. The standard InChI is InChI=1S/C7H9N3/c1-5-4-10-7-6(5)8-2-3-9-7/h2,4,9-10H,3H2,1H3. The van der Waals surface area contributed by atoms with Crippen LogP contribution in [0, 0.1) is 6.92 Å². The molecule has 0 spiro atoms. The molecule has 1 aromatic rings. The third-order valence-corrected chi connectivity index (χ3v) is 1.63. The van der Waals surface area contributed by atoms with Crippen molar-refractivity contribution in [3.05, 3.63) is 11.8 Å². The van der Waals surface area contributed by atoms with Gasteiger partial charge in [-0.15, -0.1) is 0 Å². The number of rotatable bonds is 0. The Balaban J connectivity index is 2.57. The second kappa shape index (κ2) is 1.87. The van der Waals surface area contributed by atoms with E-state index >= 15 is 0 Å². The Hall–Kier alpha value is -1.25. The van der Waals surface area contributed by atoms with E-state index in [4.69, 9.17) is 0 Å². The number of aromatic amines is 1. The summed E-state index contributed by atoms with van der Waals surface area (Å²) in [4.78, 5) is 7.33. The number of anilines is 1. The van der Waals surface area contributed by atoms with E-state index in [1.54, 1.807) is 0 Å². The Kier molecular flexibility index (Phi) is 1.03. The summed E-state index contributed by atoms with van der Waals surface area (Å²) in [6.07, 6.45) is 3.84. The van der Waals surface area contributed by atoms with Crippen molar-refractivity contribution in [3.63, 3.8) is 0 Å². The lowest BCUT2D eigenvalue weighted by molar-refractivity contribution is 1.27. The summed E-state index contributed by atoms with van der Waals surface area (Å²) in [6.45, 7) is 2.87. The summed E-state index contributed by atoms with van der Waals surface area (Å²) < 4.78 is 0. The van der Waals surface area contributed by atoms with Crippen LogP contribution in [0.2, 0.25) is 0 Å². The molecule has 1 aromatic heterocycles. The first-order valence-corrected chi connectivity index (χ1v) is 3.32. The molecule has 0 aliphatic carbocycles. The predicted octanol–water partition coefficient (Wildman–Crippen LogP) is 1.45. The smallest absolute Gasteiger partial charge is 0.130 e. The van der Waals surface area contributed by atoms with E-state index in [0.717, 1.165) is 18.1 Å². The fraction of sp³-hybridized carbons (Fsp3) is 0.286. The van der Waals surface area contributed by atoms with Crippen molar-refractivity contribution >= 4 is 17.7 Å². The molecule has 0 amide bonds. The monoisotopic (exact) mass is 135 g/mol. The number of hydrogen-bond donors (Lipinski definition) is 2. The van der Waals surface area contributed by atoms with E-state index in [1.165, 1.54) is 5.56 Å². The van der Waals surface area contributed by atoms with E-state index in [2.05, 4.69) is 15.3 Å². The number of aliphatic imine (C=N–C) groups is 1. The highest BCUT2D eigenvalue weighted by atomic mass is 15.1. The van der Waals surface area contributed by atoms with Gasteiger partial charge in [-0.05, 0) is 12.5 Å². The molecular weight excluding hydrogens is 126 g/mol. The molecule has 52 valence electrons. The first-order valence-electron chi connectivity index (χ1n) is 3.32. The zero-order valence-electron chi connectivity index (χ0n) is 5.81. The van der Waals surface area contributed by atoms with Crippen LogP contribution in [0.1, 0.15) is 5.56 Å². The average Bonchev–Trinajstić information content (AvgIpc) is 2.34. The van der Waals surface area contributed by atoms with Crippen molar-refractivity contribution in [2.75, 3.05) is 11.9 Å². The molecule has 2 N–H and O–H groups in total. The van der Waals surface area contributed by atoms with Gasteiger partial charge in [-0.1, -0.05) is 0 Å². The number of nitrogens with one attached hydrogen (secondary N) is 2. The van der Waals surface area contributed by atoms with Gasteiger partial charge in [0.2, 0.25) is 0 Å². The Morgan fingerprint density at radius 2 is 2.50 bits per heavy atom. The van der Waals surface area contributed by atoms with E-state index < -0.39 is 0 Å². The number of aryl methyl sites for hydroxylation is 1. The second-order valence-corrected chi connectivity index (χ2v) is 2.39. The van der Waals surface area contributed by atoms with Gasteiger partial charge >= 0.3 is 0 Å². The summed E-state index contributed by atoms with van der Waals surface area (Å²) in [7, 11) is 0. The molecule has 3 nitrogen and oxygen atoms in total. The molecule has 2 rings (SSSR count). The lowest BCUT2D eigenvalue weighted by Crippen LogP contribution is -2.06. The predicted molar refractivity (Wildman–Crippen MR) is 42.2 cm³/mol. The highest BCUT2D eigenvalue weighted by molar-refractivity contribution is 5.80. The second-order valence-electron chi connectivity index (χ2n) is 2.39. The molecule has 1 aliphatic heterocycles. The quantitative estimate of drug-likeness (QED) is 0.555. The van der Waals surface area contributed by atoms with Gasteiger partial charge in [0.05, 0.1) is 6.54 Å². The fourth-order valence-electron chi connectivity index (χ4n) is 1.10. The number of hydrogen-bond acceptors (Lipinski definition) is 2. The maximum atomic E-state index is 4.23. The minimum atomic E-state index is 0.826. The minimum absolute atomic E-state index is 0.826. The normalized spacial score (nSPS) is 14.5. The summed E-state index contributed by atoms with van der Waals surface area (Å²) in [5.74, 6) is 1.04. The van der Waals surface area contributed by atoms with Crippen molar-refractivity contribution in [1.29, 1.82) is 0 Å². The number of nitrogens with zero attached hydrogens (tertiary/aromatic N) is 1. The summed E-state index contributed by atoms with van der Waals surface area (Å²) >= 11 is 0. The van der Waals surface area contributed by atoms with Crippen LogP contribution in [-0.4, -0.2) is 17.7 Å². The molecule has 0 radical (unpaired) electrons. The lowest BCUT2D eigenvalue weighted by Gasteiger charge is -2.06. The summed E-state index contributed by atoms with van der Waals surface area (Å²) in [5.41, 5.74) is 2.24. The molecule has 1 aliphatic rings. The molecule has 0 unspecified atom stereocenters. The molecular formula is C7H9N3. The highest BCUT2D eigenvalue weighted by Crippen LogP contribution is 2.28. The summed E-state index contributed by atoms with van der Waals surface area (Å²) in [5, 5.41) is 3.18. The van der Waals surface area contributed by atoms with Gasteiger partial charge < -0.3 is 10.3 Å². The maximum Gasteiger partial charge on any atom is 0.130 e. The van der Waals surface area contributed by atoms with Gasteiger partial charge in [0.15, 0.2) is 0 Å². The van der Waals surface area contributed by atoms with E-state index in [9.17, 15) is 0 Å². The number of fused-ring (bicyclic) bond motifs is 1. The topological polar surface area (TPSA) is 40.2 Å². The van der Waals surface area contributed by atoms with Gasteiger partial charge in [-0.25, -0.2) is 0 Å². The molecule has 0 saturated heterocycles. The van der Waals surface area contributed by atoms with Crippen LogP contribution in [0.5, 0.6) is 0 Å². The van der Waals surface area contributed by atoms with Crippen LogP contribution in [-0.2, 0) is 0 Å². The van der Waals surface area contributed by atoms with Gasteiger partial charge in [0.25, 0.3) is 0 Å². The first kappa shape index (κ1) is 5.53. The van der Waals surface area contributed by atoms with Crippen molar-refractivity contribution in [2.24, 2.45) is 4.99 Å². The van der Waals surface area contributed by atoms with E-state index in [1.807, 2.05) is 19.3 Å². The Bertz CT molecular complexity index is 272. The molecule has 0 bridgehead atoms. The zero-order valence-corrected chi connectivity index (χ0v) is 5.81. The Morgan fingerprint density at radius 1 is 1.60 bits per heavy atom. The molecule has 0 atom stereocenters. The van der Waals surface area contributed by atoms with Crippen LogP contribution in [0.3, 0.4) is 0 Å². The fourth-order valence-corrected chi connectivity index (χ4v) is 1.10. The SMILES string of the molecule is Cc1c[nH]c2c1N=CCN2. The lowest BCUT2D eigenvalue weighted by atomic mass is 10.3. The number of H-pyrrole nitrogens is 1. The van der Waals surface area contributed by atoms with Gasteiger partial charge in [0, 0.05) is 12.4 Å². The Labute approximate surface area is 59.2 Å².